The van der Waals surface area contributed by atoms with E-state index in [9.17, 15) is 4.79 Å². The molecule has 0 bridgehead atoms. The quantitative estimate of drug-likeness (QED) is 0.935. The van der Waals surface area contributed by atoms with Crippen molar-refractivity contribution >= 4 is 5.91 Å². The van der Waals surface area contributed by atoms with E-state index in [0.29, 0.717) is 12.1 Å². The smallest absolute Gasteiger partial charge is 0.254 e. The standard InChI is InChI=1S/C20H25N3O/c1-14(2)18-16(11-21-13-23-18)19(24)22-12-20(3)10-6-8-15-7-4-5-9-17(15)20/h4-5,7,9,11,13-14H,6,8,10,12H2,1-3H3,(H,22,24). The first kappa shape index (κ1) is 16.6. The minimum atomic E-state index is -0.0800. The Morgan fingerprint density at radius 2 is 2.12 bits per heavy atom. The van der Waals surface area contributed by atoms with Gasteiger partial charge in [-0.3, -0.25) is 4.79 Å². The van der Waals surface area contributed by atoms with E-state index >= 15 is 0 Å². The van der Waals surface area contributed by atoms with Gasteiger partial charge in [-0.25, -0.2) is 9.97 Å². The first-order chi connectivity index (χ1) is 11.5. The van der Waals surface area contributed by atoms with Gasteiger partial charge in [-0.15, -0.1) is 0 Å². The fourth-order valence-electron chi connectivity index (χ4n) is 3.66. The fourth-order valence-corrected chi connectivity index (χ4v) is 3.66. The second-order valence-electron chi connectivity index (χ2n) is 7.23. The van der Waals surface area contributed by atoms with Gasteiger partial charge in [0.25, 0.3) is 5.91 Å². The number of rotatable bonds is 4. The third-order valence-corrected chi connectivity index (χ3v) is 5.02. The maximum absolute atomic E-state index is 12.7. The molecule has 1 unspecified atom stereocenters. The molecule has 1 aromatic heterocycles. The lowest BCUT2D eigenvalue weighted by Gasteiger charge is -2.36. The lowest BCUT2D eigenvalue weighted by Crippen LogP contribution is -2.41. The summed E-state index contributed by atoms with van der Waals surface area (Å²) in [5.74, 6) is 0.114. The summed E-state index contributed by atoms with van der Waals surface area (Å²) < 4.78 is 0. The minimum Gasteiger partial charge on any atom is -0.351 e. The van der Waals surface area contributed by atoms with Gasteiger partial charge in [-0.05, 0) is 36.3 Å². The van der Waals surface area contributed by atoms with Crippen LogP contribution in [0.3, 0.4) is 0 Å². The van der Waals surface area contributed by atoms with Crippen LogP contribution in [0.2, 0.25) is 0 Å². The predicted molar refractivity (Wildman–Crippen MR) is 95.2 cm³/mol. The molecule has 3 rings (SSSR count). The van der Waals surface area contributed by atoms with E-state index in [0.717, 1.165) is 25.0 Å². The number of hydrogen-bond acceptors (Lipinski definition) is 3. The first-order valence-corrected chi connectivity index (χ1v) is 8.68. The number of carbonyl (C=O) groups excluding carboxylic acids is 1. The van der Waals surface area contributed by atoms with Gasteiger partial charge in [0.15, 0.2) is 0 Å². The zero-order chi connectivity index (χ0) is 17.2. The van der Waals surface area contributed by atoms with Gasteiger partial charge in [-0.2, -0.15) is 0 Å². The van der Waals surface area contributed by atoms with Crippen LogP contribution in [0.25, 0.3) is 0 Å². The van der Waals surface area contributed by atoms with Crippen LogP contribution in [-0.2, 0) is 11.8 Å². The number of hydrogen-bond donors (Lipinski definition) is 1. The molecule has 0 radical (unpaired) electrons. The van der Waals surface area contributed by atoms with Crippen LogP contribution in [-0.4, -0.2) is 22.4 Å². The Labute approximate surface area is 143 Å². The van der Waals surface area contributed by atoms with Crippen LogP contribution in [0.1, 0.15) is 66.7 Å². The maximum atomic E-state index is 12.7. The summed E-state index contributed by atoms with van der Waals surface area (Å²) in [4.78, 5) is 21.0. The van der Waals surface area contributed by atoms with Gasteiger partial charge in [0.2, 0.25) is 0 Å². The first-order valence-electron chi connectivity index (χ1n) is 8.68. The second-order valence-corrected chi connectivity index (χ2v) is 7.23. The van der Waals surface area contributed by atoms with Crippen molar-refractivity contribution in [2.75, 3.05) is 6.54 Å². The molecule has 0 saturated heterocycles. The van der Waals surface area contributed by atoms with Crippen molar-refractivity contribution in [1.29, 1.82) is 0 Å². The van der Waals surface area contributed by atoms with Crippen LogP contribution in [0.4, 0.5) is 0 Å². The highest BCUT2D eigenvalue weighted by molar-refractivity contribution is 5.95. The predicted octanol–water partition coefficient (Wildman–Crippen LogP) is 3.62. The molecule has 0 aliphatic heterocycles. The van der Waals surface area contributed by atoms with Crippen molar-refractivity contribution < 1.29 is 4.79 Å². The van der Waals surface area contributed by atoms with Crippen LogP contribution >= 0.6 is 0 Å². The van der Waals surface area contributed by atoms with Gasteiger partial charge in [0, 0.05) is 18.2 Å². The summed E-state index contributed by atoms with van der Waals surface area (Å²) in [5, 5.41) is 3.13. The van der Waals surface area contributed by atoms with E-state index in [1.807, 2.05) is 13.8 Å². The Kier molecular flexibility index (Phi) is 4.65. The molecule has 0 spiro atoms. The van der Waals surface area contributed by atoms with Gasteiger partial charge in [0.05, 0.1) is 11.3 Å². The second kappa shape index (κ2) is 6.71. The van der Waals surface area contributed by atoms with Crippen molar-refractivity contribution in [1.82, 2.24) is 15.3 Å². The van der Waals surface area contributed by atoms with Crippen LogP contribution in [0.5, 0.6) is 0 Å². The number of aromatic nitrogens is 2. The average Bonchev–Trinajstić information content (AvgIpc) is 2.60. The molecule has 1 amide bonds. The largest absolute Gasteiger partial charge is 0.351 e. The summed E-state index contributed by atoms with van der Waals surface area (Å²) in [6, 6.07) is 8.59. The molecule has 1 heterocycles. The number of fused-ring (bicyclic) bond motifs is 1. The highest BCUT2D eigenvalue weighted by atomic mass is 16.1. The highest BCUT2D eigenvalue weighted by Crippen LogP contribution is 2.36. The zero-order valence-corrected chi connectivity index (χ0v) is 14.7. The summed E-state index contributed by atoms with van der Waals surface area (Å²) >= 11 is 0. The van der Waals surface area contributed by atoms with E-state index in [1.165, 1.54) is 17.5 Å². The van der Waals surface area contributed by atoms with Crippen molar-refractivity contribution in [2.24, 2.45) is 0 Å². The highest BCUT2D eigenvalue weighted by Gasteiger charge is 2.32. The maximum Gasteiger partial charge on any atom is 0.254 e. The molecule has 4 nitrogen and oxygen atoms in total. The molecule has 4 heteroatoms. The van der Waals surface area contributed by atoms with Crippen molar-refractivity contribution in [3.05, 3.63) is 59.2 Å². The van der Waals surface area contributed by atoms with Gasteiger partial charge in [-0.1, -0.05) is 45.0 Å². The number of aryl methyl sites for hydroxylation is 1. The molecule has 2 aromatic rings. The SMILES string of the molecule is CC(C)c1ncncc1C(=O)NCC1(C)CCCc2ccccc21. The van der Waals surface area contributed by atoms with E-state index in [-0.39, 0.29) is 17.2 Å². The summed E-state index contributed by atoms with van der Waals surface area (Å²) in [7, 11) is 0. The normalized spacial score (nSPS) is 19.8. The Morgan fingerprint density at radius 1 is 1.33 bits per heavy atom. The van der Waals surface area contributed by atoms with E-state index in [1.54, 1.807) is 6.20 Å². The summed E-state index contributed by atoms with van der Waals surface area (Å²) in [5.41, 5.74) is 4.14. The van der Waals surface area contributed by atoms with Crippen molar-refractivity contribution in [3.63, 3.8) is 0 Å². The fraction of sp³-hybridized carbons (Fsp3) is 0.450. The number of benzene rings is 1. The van der Waals surface area contributed by atoms with E-state index < -0.39 is 0 Å². The third-order valence-electron chi connectivity index (χ3n) is 5.02. The molecule has 1 N–H and O–H groups in total. The molecule has 0 fully saturated rings. The Balaban J connectivity index is 1.78. The number of nitrogens with zero attached hydrogens (tertiary/aromatic N) is 2. The molecular formula is C20H25N3O. The summed E-state index contributed by atoms with van der Waals surface area (Å²) in [6.07, 6.45) is 6.51. The average molecular weight is 323 g/mol. The molecular weight excluding hydrogens is 298 g/mol. The van der Waals surface area contributed by atoms with E-state index in [4.69, 9.17) is 0 Å². The molecule has 1 aliphatic rings. The lowest BCUT2D eigenvalue weighted by molar-refractivity contribution is 0.0940. The number of carbonyl (C=O) groups is 1. The van der Waals surface area contributed by atoms with Gasteiger partial charge in [0.1, 0.15) is 6.33 Å². The molecule has 1 atom stereocenters. The van der Waals surface area contributed by atoms with Crippen molar-refractivity contribution in [2.45, 2.75) is 51.4 Å². The Bertz CT molecular complexity index is 741. The molecule has 24 heavy (non-hydrogen) atoms. The number of amides is 1. The van der Waals surface area contributed by atoms with Crippen LogP contribution < -0.4 is 5.32 Å². The lowest BCUT2D eigenvalue weighted by atomic mass is 9.71. The number of nitrogens with one attached hydrogen (secondary N) is 1. The Morgan fingerprint density at radius 3 is 2.92 bits per heavy atom. The van der Waals surface area contributed by atoms with Gasteiger partial charge < -0.3 is 5.32 Å². The molecule has 126 valence electrons. The van der Waals surface area contributed by atoms with Crippen LogP contribution in [0, 0.1) is 0 Å². The van der Waals surface area contributed by atoms with Crippen molar-refractivity contribution in [3.8, 4) is 0 Å². The van der Waals surface area contributed by atoms with Crippen LogP contribution in [0.15, 0.2) is 36.8 Å². The van der Waals surface area contributed by atoms with Gasteiger partial charge >= 0.3 is 0 Å². The Hall–Kier alpha value is -2.23. The zero-order valence-electron chi connectivity index (χ0n) is 14.7. The molecule has 1 aliphatic carbocycles. The minimum absolute atomic E-state index is 0.0157. The molecule has 1 aromatic carbocycles. The third kappa shape index (κ3) is 3.18. The van der Waals surface area contributed by atoms with E-state index in [2.05, 4.69) is 46.5 Å². The monoisotopic (exact) mass is 323 g/mol. The summed E-state index contributed by atoms with van der Waals surface area (Å²) in [6.45, 7) is 6.96. The molecule has 0 saturated carbocycles. The topological polar surface area (TPSA) is 54.9 Å².